The lowest BCUT2D eigenvalue weighted by Crippen LogP contribution is -2.09. The van der Waals surface area contributed by atoms with Crippen LogP contribution >= 0.6 is 15.9 Å². The van der Waals surface area contributed by atoms with Crippen molar-refractivity contribution in [3.63, 3.8) is 0 Å². The molecule has 1 aromatic rings. The normalized spacial score (nSPS) is 16.5. The highest BCUT2D eigenvalue weighted by molar-refractivity contribution is 9.10. The minimum atomic E-state index is -4.44. The van der Waals surface area contributed by atoms with Crippen LogP contribution in [0.1, 0.15) is 18.5 Å². The zero-order chi connectivity index (χ0) is 11.1. The maximum Gasteiger partial charge on any atom is 0.433 e. The van der Waals surface area contributed by atoms with Crippen LogP contribution in [0.2, 0.25) is 0 Å². The van der Waals surface area contributed by atoms with Crippen LogP contribution < -0.4 is 4.74 Å². The molecule has 0 aromatic carbocycles. The van der Waals surface area contributed by atoms with Crippen molar-refractivity contribution in [2.45, 2.75) is 25.1 Å². The Morgan fingerprint density at radius 3 is 2.53 bits per heavy atom. The van der Waals surface area contributed by atoms with Crippen molar-refractivity contribution < 1.29 is 17.9 Å². The summed E-state index contributed by atoms with van der Waals surface area (Å²) in [5.74, 6) is 0.215. The predicted molar refractivity (Wildman–Crippen MR) is 50.6 cm³/mol. The fourth-order valence-corrected chi connectivity index (χ4v) is 1.48. The Kier molecular flexibility index (Phi) is 2.62. The second kappa shape index (κ2) is 3.66. The van der Waals surface area contributed by atoms with Crippen molar-refractivity contribution in [2.24, 2.45) is 0 Å². The van der Waals surface area contributed by atoms with Crippen LogP contribution in [0.4, 0.5) is 13.2 Å². The van der Waals surface area contributed by atoms with E-state index in [-0.39, 0.29) is 16.5 Å². The number of hydrogen-bond donors (Lipinski definition) is 0. The molecule has 1 heterocycles. The largest absolute Gasteiger partial charge is 0.490 e. The molecule has 0 unspecified atom stereocenters. The van der Waals surface area contributed by atoms with Crippen LogP contribution in [0.3, 0.4) is 0 Å². The number of rotatable bonds is 2. The van der Waals surface area contributed by atoms with Gasteiger partial charge in [0, 0.05) is 12.1 Å². The summed E-state index contributed by atoms with van der Waals surface area (Å²) in [5, 5.41) is 0. The van der Waals surface area contributed by atoms with E-state index in [0.29, 0.717) is 0 Å². The standard InChI is InChI=1S/C9H7BrF3NO/c10-8-4-6(15-5-1-2-5)3-7(14-8)9(11,12)13/h3-5H,1-2H2. The first-order chi connectivity index (χ1) is 6.95. The van der Waals surface area contributed by atoms with Gasteiger partial charge in [0.05, 0.1) is 6.10 Å². The van der Waals surface area contributed by atoms with Crippen molar-refractivity contribution in [2.75, 3.05) is 0 Å². The molecule has 1 aliphatic carbocycles. The minimum Gasteiger partial charge on any atom is -0.490 e. The molecule has 6 heteroatoms. The maximum absolute atomic E-state index is 12.4. The molecule has 1 saturated carbocycles. The van der Waals surface area contributed by atoms with E-state index in [0.717, 1.165) is 18.9 Å². The summed E-state index contributed by atoms with van der Waals surface area (Å²) >= 11 is 2.92. The second-order valence-electron chi connectivity index (χ2n) is 3.33. The van der Waals surface area contributed by atoms with E-state index in [1.807, 2.05) is 0 Å². The highest BCUT2D eigenvalue weighted by Crippen LogP contribution is 2.34. The third-order valence-corrected chi connectivity index (χ3v) is 2.29. The molecule has 0 amide bonds. The lowest BCUT2D eigenvalue weighted by atomic mass is 10.3. The van der Waals surface area contributed by atoms with Crippen molar-refractivity contribution in [3.8, 4) is 5.75 Å². The van der Waals surface area contributed by atoms with Gasteiger partial charge in [-0.25, -0.2) is 4.98 Å². The molecule has 0 bridgehead atoms. The van der Waals surface area contributed by atoms with Crippen LogP contribution in [-0.4, -0.2) is 11.1 Å². The Bertz CT molecular complexity index is 376. The zero-order valence-electron chi connectivity index (χ0n) is 7.51. The first-order valence-corrected chi connectivity index (χ1v) is 5.16. The Morgan fingerprint density at radius 1 is 1.33 bits per heavy atom. The van der Waals surface area contributed by atoms with Gasteiger partial charge in [0.2, 0.25) is 0 Å². The Labute approximate surface area is 92.6 Å². The number of nitrogens with zero attached hydrogens (tertiary/aromatic N) is 1. The molecule has 0 saturated heterocycles. The molecule has 1 aromatic heterocycles. The number of aromatic nitrogens is 1. The fraction of sp³-hybridized carbons (Fsp3) is 0.444. The van der Waals surface area contributed by atoms with Gasteiger partial charge in [-0.05, 0) is 28.8 Å². The lowest BCUT2D eigenvalue weighted by molar-refractivity contribution is -0.141. The molecular formula is C9H7BrF3NO. The van der Waals surface area contributed by atoms with Crippen LogP contribution in [0.5, 0.6) is 5.75 Å². The third kappa shape index (κ3) is 2.84. The van der Waals surface area contributed by atoms with Gasteiger partial charge in [-0.2, -0.15) is 13.2 Å². The molecular weight excluding hydrogens is 275 g/mol. The molecule has 82 valence electrons. The molecule has 0 radical (unpaired) electrons. The van der Waals surface area contributed by atoms with Gasteiger partial charge in [0.25, 0.3) is 0 Å². The predicted octanol–water partition coefficient (Wildman–Crippen LogP) is 3.40. The second-order valence-corrected chi connectivity index (χ2v) is 4.14. The first kappa shape index (κ1) is 10.7. The number of ether oxygens (including phenoxy) is 1. The van der Waals surface area contributed by atoms with Gasteiger partial charge in [-0.1, -0.05) is 0 Å². The summed E-state index contributed by atoms with van der Waals surface area (Å²) in [5.41, 5.74) is -0.937. The average Bonchev–Trinajstić information content (AvgIpc) is 2.85. The number of hydrogen-bond acceptors (Lipinski definition) is 2. The smallest absolute Gasteiger partial charge is 0.433 e. The quantitative estimate of drug-likeness (QED) is 0.775. The molecule has 1 fully saturated rings. The molecule has 2 rings (SSSR count). The fourth-order valence-electron chi connectivity index (χ4n) is 1.07. The van der Waals surface area contributed by atoms with Crippen LogP contribution in [0.25, 0.3) is 0 Å². The van der Waals surface area contributed by atoms with E-state index in [1.165, 1.54) is 6.07 Å². The summed E-state index contributed by atoms with van der Waals surface area (Å²) in [6.45, 7) is 0. The van der Waals surface area contributed by atoms with Crippen LogP contribution in [-0.2, 0) is 6.18 Å². The number of alkyl halides is 3. The van der Waals surface area contributed by atoms with Crippen molar-refractivity contribution in [1.82, 2.24) is 4.98 Å². The van der Waals surface area contributed by atoms with E-state index >= 15 is 0 Å². The van der Waals surface area contributed by atoms with Gasteiger partial charge >= 0.3 is 6.18 Å². The van der Waals surface area contributed by atoms with Gasteiger partial charge in [0.1, 0.15) is 16.0 Å². The van der Waals surface area contributed by atoms with Crippen LogP contribution in [0, 0.1) is 0 Å². The number of pyridine rings is 1. The summed E-state index contributed by atoms with van der Waals surface area (Å²) in [6, 6.07) is 2.36. The van der Waals surface area contributed by atoms with Crippen molar-refractivity contribution >= 4 is 15.9 Å². The first-order valence-electron chi connectivity index (χ1n) is 4.36. The molecule has 15 heavy (non-hydrogen) atoms. The van der Waals surface area contributed by atoms with E-state index in [4.69, 9.17) is 4.74 Å². The van der Waals surface area contributed by atoms with E-state index in [9.17, 15) is 13.2 Å². The summed E-state index contributed by atoms with van der Waals surface area (Å²) < 4.78 is 42.5. The monoisotopic (exact) mass is 281 g/mol. The molecule has 0 atom stereocenters. The summed E-state index contributed by atoms with van der Waals surface area (Å²) in [6.07, 6.45) is -2.56. The van der Waals surface area contributed by atoms with E-state index < -0.39 is 11.9 Å². The van der Waals surface area contributed by atoms with Gasteiger partial charge < -0.3 is 4.74 Å². The summed E-state index contributed by atoms with van der Waals surface area (Å²) in [4.78, 5) is 3.34. The topological polar surface area (TPSA) is 22.1 Å². The highest BCUT2D eigenvalue weighted by atomic mass is 79.9. The Morgan fingerprint density at radius 2 is 2.00 bits per heavy atom. The lowest BCUT2D eigenvalue weighted by Gasteiger charge is -2.09. The average molecular weight is 282 g/mol. The van der Waals surface area contributed by atoms with E-state index in [1.54, 1.807) is 0 Å². The molecule has 0 N–H and O–H groups in total. The van der Waals surface area contributed by atoms with Gasteiger partial charge in [-0.3, -0.25) is 0 Å². The van der Waals surface area contributed by atoms with Crippen molar-refractivity contribution in [1.29, 1.82) is 0 Å². The SMILES string of the molecule is FC(F)(F)c1cc(OC2CC2)cc(Br)n1. The van der Waals surface area contributed by atoms with Crippen LogP contribution in [0.15, 0.2) is 16.7 Å². The number of halogens is 4. The maximum atomic E-state index is 12.4. The molecule has 2 nitrogen and oxygen atoms in total. The summed E-state index contributed by atoms with van der Waals surface area (Å²) in [7, 11) is 0. The Hall–Kier alpha value is -0.780. The Balaban J connectivity index is 2.27. The van der Waals surface area contributed by atoms with Gasteiger partial charge in [-0.15, -0.1) is 0 Å². The third-order valence-electron chi connectivity index (χ3n) is 1.89. The zero-order valence-corrected chi connectivity index (χ0v) is 9.10. The minimum absolute atomic E-state index is 0.0698. The van der Waals surface area contributed by atoms with E-state index in [2.05, 4.69) is 20.9 Å². The highest BCUT2D eigenvalue weighted by Gasteiger charge is 2.34. The molecule has 0 spiro atoms. The van der Waals surface area contributed by atoms with Gasteiger partial charge in [0.15, 0.2) is 0 Å². The van der Waals surface area contributed by atoms with Crippen molar-refractivity contribution in [3.05, 3.63) is 22.4 Å². The molecule has 1 aliphatic rings. The molecule has 0 aliphatic heterocycles.